The molecule has 1 aromatic heterocycles. The number of carbonyl (C=O) groups excluding carboxylic acids is 1. The highest BCUT2D eigenvalue weighted by atomic mass is 32.1. The first-order valence-corrected chi connectivity index (χ1v) is 9.36. The first-order valence-electron chi connectivity index (χ1n) is 8.54. The van der Waals surface area contributed by atoms with E-state index in [-0.39, 0.29) is 6.03 Å². The summed E-state index contributed by atoms with van der Waals surface area (Å²) in [6, 6.07) is -0.140. The third-order valence-corrected chi connectivity index (χ3v) is 5.75. The zero-order valence-corrected chi connectivity index (χ0v) is 14.9. The molecular formula is C16H27N5OS. The molecule has 1 fully saturated rings. The van der Waals surface area contributed by atoms with Crippen molar-refractivity contribution in [3.8, 4) is 0 Å². The molecule has 1 saturated heterocycles. The highest BCUT2D eigenvalue weighted by Crippen LogP contribution is 2.31. The molecule has 2 heterocycles. The van der Waals surface area contributed by atoms with Gasteiger partial charge in [0.15, 0.2) is 5.13 Å². The maximum atomic E-state index is 12.0. The van der Waals surface area contributed by atoms with Gasteiger partial charge in [0.25, 0.3) is 0 Å². The Bertz CT molecular complexity index is 539. The van der Waals surface area contributed by atoms with Gasteiger partial charge in [-0.15, -0.1) is 11.3 Å². The molecule has 2 amide bonds. The fraction of sp³-hybridized carbons (Fsp3) is 0.750. The number of anilines is 1. The van der Waals surface area contributed by atoms with E-state index in [1.807, 2.05) is 0 Å². The van der Waals surface area contributed by atoms with Crippen LogP contribution in [-0.2, 0) is 12.8 Å². The average Bonchev–Trinajstić information content (AvgIpc) is 2.90. The lowest BCUT2D eigenvalue weighted by Gasteiger charge is -2.32. The zero-order chi connectivity index (χ0) is 16.2. The Labute approximate surface area is 142 Å². The number of hydrogen-bond donors (Lipinski definition) is 2. The van der Waals surface area contributed by atoms with Gasteiger partial charge in [0.2, 0.25) is 0 Å². The Morgan fingerprint density at radius 1 is 1.35 bits per heavy atom. The number of hydrogen-bond acceptors (Lipinski definition) is 5. The number of urea groups is 1. The van der Waals surface area contributed by atoms with E-state index in [0.717, 1.165) is 56.6 Å². The van der Waals surface area contributed by atoms with Crippen LogP contribution in [-0.4, -0.2) is 67.1 Å². The monoisotopic (exact) mass is 337 g/mol. The molecule has 0 spiro atoms. The van der Waals surface area contributed by atoms with Crippen molar-refractivity contribution >= 4 is 22.5 Å². The summed E-state index contributed by atoms with van der Waals surface area (Å²) in [4.78, 5) is 22.6. The lowest BCUT2D eigenvalue weighted by atomic mass is 9.93. The summed E-state index contributed by atoms with van der Waals surface area (Å²) in [7, 11) is 2.15. The van der Waals surface area contributed by atoms with Crippen molar-refractivity contribution in [3.63, 3.8) is 0 Å². The molecule has 2 N–H and O–H groups in total. The number of nitrogens with zero attached hydrogens (tertiary/aromatic N) is 3. The Balaban J connectivity index is 1.39. The number of carbonyl (C=O) groups is 1. The summed E-state index contributed by atoms with van der Waals surface area (Å²) in [5, 5.41) is 6.57. The number of nitrogens with one attached hydrogen (secondary N) is 2. The van der Waals surface area contributed by atoms with Gasteiger partial charge in [-0.05, 0) is 32.2 Å². The summed E-state index contributed by atoms with van der Waals surface area (Å²) < 4.78 is 0. The molecule has 23 heavy (non-hydrogen) atoms. The van der Waals surface area contributed by atoms with Crippen molar-refractivity contribution in [1.82, 2.24) is 20.1 Å². The molecule has 0 bridgehead atoms. The van der Waals surface area contributed by atoms with Crippen molar-refractivity contribution in [3.05, 3.63) is 10.6 Å². The van der Waals surface area contributed by atoms with Crippen LogP contribution in [0.3, 0.4) is 0 Å². The molecule has 1 aliphatic carbocycles. The van der Waals surface area contributed by atoms with Crippen molar-refractivity contribution in [1.29, 1.82) is 0 Å². The van der Waals surface area contributed by atoms with Gasteiger partial charge in [0.05, 0.1) is 5.69 Å². The zero-order valence-electron chi connectivity index (χ0n) is 14.1. The number of aromatic nitrogens is 1. The van der Waals surface area contributed by atoms with Gasteiger partial charge >= 0.3 is 6.03 Å². The van der Waals surface area contributed by atoms with E-state index in [4.69, 9.17) is 0 Å². The molecular weight excluding hydrogens is 310 g/mol. The molecule has 7 heteroatoms. The summed E-state index contributed by atoms with van der Waals surface area (Å²) in [5.41, 5.74) is 1.18. The molecule has 6 nitrogen and oxygen atoms in total. The third-order valence-electron chi connectivity index (χ3n) is 4.72. The van der Waals surface area contributed by atoms with Crippen molar-refractivity contribution in [2.24, 2.45) is 5.92 Å². The molecule has 3 rings (SSSR count). The molecule has 1 aromatic rings. The third kappa shape index (κ3) is 4.65. The van der Waals surface area contributed by atoms with E-state index in [1.54, 1.807) is 11.3 Å². The predicted octanol–water partition coefficient (Wildman–Crippen LogP) is 1.64. The molecule has 0 aromatic carbocycles. The highest BCUT2D eigenvalue weighted by molar-refractivity contribution is 7.15. The van der Waals surface area contributed by atoms with Crippen LogP contribution in [0.25, 0.3) is 0 Å². The maximum absolute atomic E-state index is 12.0. The van der Waals surface area contributed by atoms with Crippen LogP contribution in [0.15, 0.2) is 0 Å². The lowest BCUT2D eigenvalue weighted by molar-refractivity contribution is 0.155. The van der Waals surface area contributed by atoms with Crippen molar-refractivity contribution < 1.29 is 4.79 Å². The van der Waals surface area contributed by atoms with Crippen LogP contribution in [0.2, 0.25) is 0 Å². The van der Waals surface area contributed by atoms with Gasteiger partial charge < -0.3 is 10.2 Å². The Morgan fingerprint density at radius 3 is 2.91 bits per heavy atom. The standard InChI is InChI=1S/C16H27N5OS/c1-12-3-4-13-14(11-12)23-16(18-13)19-15(22)17-5-6-21-9-7-20(2)8-10-21/h12H,3-11H2,1-2H3,(H2,17,18,19,22). The quantitative estimate of drug-likeness (QED) is 0.877. The second-order valence-corrected chi connectivity index (χ2v) is 7.85. The van der Waals surface area contributed by atoms with Crippen LogP contribution in [0.4, 0.5) is 9.93 Å². The van der Waals surface area contributed by atoms with E-state index in [0.29, 0.717) is 6.54 Å². The summed E-state index contributed by atoms with van der Waals surface area (Å²) in [6.07, 6.45) is 3.34. The van der Waals surface area contributed by atoms with E-state index in [2.05, 4.69) is 39.4 Å². The Hall–Kier alpha value is -1.18. The van der Waals surface area contributed by atoms with Crippen LogP contribution >= 0.6 is 11.3 Å². The minimum atomic E-state index is -0.140. The predicted molar refractivity (Wildman–Crippen MR) is 94.3 cm³/mol. The van der Waals surface area contributed by atoms with Crippen LogP contribution in [0, 0.1) is 5.92 Å². The summed E-state index contributed by atoms with van der Waals surface area (Å²) >= 11 is 1.63. The van der Waals surface area contributed by atoms with Gasteiger partial charge in [0.1, 0.15) is 0 Å². The molecule has 2 aliphatic rings. The van der Waals surface area contributed by atoms with Gasteiger partial charge in [-0.2, -0.15) is 0 Å². The first-order chi connectivity index (χ1) is 11.1. The second-order valence-electron chi connectivity index (χ2n) is 6.76. The smallest absolute Gasteiger partial charge is 0.321 e. The van der Waals surface area contributed by atoms with Gasteiger partial charge in [-0.1, -0.05) is 6.92 Å². The highest BCUT2D eigenvalue weighted by Gasteiger charge is 2.20. The number of thiazole rings is 1. The van der Waals surface area contributed by atoms with E-state index >= 15 is 0 Å². The lowest BCUT2D eigenvalue weighted by Crippen LogP contribution is -2.47. The van der Waals surface area contributed by atoms with E-state index in [1.165, 1.54) is 17.0 Å². The van der Waals surface area contributed by atoms with Crippen molar-refractivity contribution in [2.45, 2.75) is 26.2 Å². The fourth-order valence-corrected chi connectivity index (χ4v) is 4.30. The second kappa shape index (κ2) is 7.59. The normalized spacial score (nSPS) is 22.6. The van der Waals surface area contributed by atoms with Gasteiger partial charge in [-0.3, -0.25) is 10.2 Å². The summed E-state index contributed by atoms with van der Waals surface area (Å²) in [5.74, 6) is 0.730. The number of likely N-dealkylation sites (N-methyl/N-ethyl adjacent to an activating group) is 1. The number of amides is 2. The minimum absolute atomic E-state index is 0.140. The molecule has 0 radical (unpaired) electrons. The molecule has 1 unspecified atom stereocenters. The first kappa shape index (κ1) is 16.7. The van der Waals surface area contributed by atoms with Gasteiger partial charge in [-0.25, -0.2) is 9.78 Å². The number of fused-ring (bicyclic) bond motifs is 1. The van der Waals surface area contributed by atoms with E-state index in [9.17, 15) is 4.79 Å². The molecule has 0 saturated carbocycles. The molecule has 128 valence electrons. The number of piperazine rings is 1. The number of aryl methyl sites for hydroxylation is 1. The Morgan fingerprint density at radius 2 is 2.13 bits per heavy atom. The van der Waals surface area contributed by atoms with E-state index < -0.39 is 0 Å². The van der Waals surface area contributed by atoms with Crippen LogP contribution in [0.5, 0.6) is 0 Å². The maximum Gasteiger partial charge on any atom is 0.321 e. The molecule has 1 atom stereocenters. The SMILES string of the molecule is CC1CCc2nc(NC(=O)NCCN3CCN(C)CC3)sc2C1. The fourth-order valence-electron chi connectivity index (χ4n) is 3.13. The average molecular weight is 337 g/mol. The summed E-state index contributed by atoms with van der Waals surface area (Å²) in [6.45, 7) is 8.24. The van der Waals surface area contributed by atoms with Crippen LogP contribution in [0.1, 0.15) is 23.9 Å². The topological polar surface area (TPSA) is 60.5 Å². The number of rotatable bonds is 4. The molecule has 1 aliphatic heterocycles. The van der Waals surface area contributed by atoms with Crippen molar-refractivity contribution in [2.75, 3.05) is 51.6 Å². The van der Waals surface area contributed by atoms with Crippen LogP contribution < -0.4 is 10.6 Å². The minimum Gasteiger partial charge on any atom is -0.337 e. The largest absolute Gasteiger partial charge is 0.337 e. The Kier molecular flexibility index (Phi) is 5.50. The van der Waals surface area contributed by atoms with Gasteiger partial charge in [0, 0.05) is 44.1 Å².